The third-order valence-corrected chi connectivity index (χ3v) is 5.97. The normalized spacial score (nSPS) is 17.3. The summed E-state index contributed by atoms with van der Waals surface area (Å²) in [5.74, 6) is -1.16. The van der Waals surface area contributed by atoms with Crippen LogP contribution in [-0.4, -0.2) is 57.9 Å². The molecule has 1 aliphatic rings. The van der Waals surface area contributed by atoms with Crippen LogP contribution in [0.3, 0.4) is 0 Å². The highest BCUT2D eigenvalue weighted by molar-refractivity contribution is 5.92. The molecule has 0 aromatic carbocycles. The van der Waals surface area contributed by atoms with Crippen molar-refractivity contribution in [3.05, 3.63) is 63.7 Å². The van der Waals surface area contributed by atoms with Gasteiger partial charge in [0.05, 0.1) is 11.9 Å². The molecule has 2 N–H and O–H groups in total. The zero-order valence-electron chi connectivity index (χ0n) is 18.0. The zero-order valence-corrected chi connectivity index (χ0v) is 18.0. The predicted molar refractivity (Wildman–Crippen MR) is 117 cm³/mol. The molecule has 3 aromatic rings. The number of halogens is 1. The van der Waals surface area contributed by atoms with E-state index in [-0.39, 0.29) is 17.3 Å². The summed E-state index contributed by atoms with van der Waals surface area (Å²) in [7, 11) is 1.45. The summed E-state index contributed by atoms with van der Waals surface area (Å²) in [5.41, 5.74) is 3.10. The second kappa shape index (κ2) is 8.50. The van der Waals surface area contributed by atoms with Crippen molar-refractivity contribution in [2.24, 2.45) is 0 Å². The molecule has 1 amide bonds. The van der Waals surface area contributed by atoms with E-state index in [9.17, 15) is 14.0 Å². The molecule has 0 bridgehead atoms. The Bertz CT molecular complexity index is 1170. The summed E-state index contributed by atoms with van der Waals surface area (Å²) < 4.78 is 16.3. The van der Waals surface area contributed by atoms with Gasteiger partial charge >= 0.3 is 0 Å². The summed E-state index contributed by atoms with van der Waals surface area (Å²) >= 11 is 0. The van der Waals surface area contributed by atoms with Gasteiger partial charge in [-0.05, 0) is 19.4 Å². The average molecular weight is 426 g/mol. The molecule has 1 fully saturated rings. The molecule has 8 nitrogen and oxygen atoms in total. The highest BCUT2D eigenvalue weighted by atomic mass is 19.1. The van der Waals surface area contributed by atoms with E-state index in [1.54, 1.807) is 6.20 Å². The maximum absolute atomic E-state index is 14.3. The van der Waals surface area contributed by atoms with Crippen molar-refractivity contribution in [2.45, 2.75) is 32.9 Å². The minimum atomic E-state index is -0.623. The smallest absolute Gasteiger partial charge is 0.272 e. The number of anilines is 1. The van der Waals surface area contributed by atoms with Crippen LogP contribution in [0.25, 0.3) is 5.65 Å². The molecule has 1 aliphatic heterocycles. The second-order valence-corrected chi connectivity index (χ2v) is 7.93. The number of hydrogen-bond donors (Lipinski definition) is 2. The lowest BCUT2D eigenvalue weighted by Crippen LogP contribution is -2.51. The summed E-state index contributed by atoms with van der Waals surface area (Å²) in [5, 5.41) is 2.39. The lowest BCUT2D eigenvalue weighted by molar-refractivity contribution is 0.0953. The number of nitrogens with one attached hydrogen (secondary N) is 2. The minimum absolute atomic E-state index is 0.0393. The summed E-state index contributed by atoms with van der Waals surface area (Å²) in [4.78, 5) is 35.3. The van der Waals surface area contributed by atoms with Crippen molar-refractivity contribution in [3.8, 4) is 0 Å². The number of H-pyrrole nitrogens is 1. The monoisotopic (exact) mass is 426 g/mol. The largest absolute Gasteiger partial charge is 0.367 e. The minimum Gasteiger partial charge on any atom is -0.367 e. The molecular weight excluding hydrogens is 399 g/mol. The van der Waals surface area contributed by atoms with Crippen LogP contribution in [0.2, 0.25) is 0 Å². The maximum atomic E-state index is 14.3. The van der Waals surface area contributed by atoms with Crippen molar-refractivity contribution in [3.63, 3.8) is 0 Å². The topological polar surface area (TPSA) is 85.7 Å². The fraction of sp³-hybridized carbons (Fsp3) is 0.409. The van der Waals surface area contributed by atoms with Gasteiger partial charge in [0.15, 0.2) is 11.5 Å². The first-order valence-electron chi connectivity index (χ1n) is 10.5. The van der Waals surface area contributed by atoms with Crippen molar-refractivity contribution in [1.29, 1.82) is 0 Å². The van der Waals surface area contributed by atoms with Gasteiger partial charge in [0, 0.05) is 68.9 Å². The molecule has 0 aliphatic carbocycles. The molecule has 0 spiro atoms. The third-order valence-electron chi connectivity index (χ3n) is 5.97. The number of aromatic nitrogens is 3. The van der Waals surface area contributed by atoms with Crippen molar-refractivity contribution in [1.82, 2.24) is 24.6 Å². The number of aryl methyl sites for hydroxylation is 1. The van der Waals surface area contributed by atoms with E-state index < -0.39 is 11.7 Å². The van der Waals surface area contributed by atoms with Crippen LogP contribution >= 0.6 is 0 Å². The van der Waals surface area contributed by atoms with E-state index >= 15 is 0 Å². The van der Waals surface area contributed by atoms with Gasteiger partial charge in [-0.1, -0.05) is 6.92 Å². The van der Waals surface area contributed by atoms with Gasteiger partial charge in [-0.15, -0.1) is 0 Å². The molecule has 4 rings (SSSR count). The van der Waals surface area contributed by atoms with Crippen LogP contribution in [0, 0.1) is 5.82 Å². The Morgan fingerprint density at radius 2 is 2.16 bits per heavy atom. The maximum Gasteiger partial charge on any atom is 0.272 e. The molecule has 3 aromatic heterocycles. The number of carbonyl (C=O) groups is 1. The highest BCUT2D eigenvalue weighted by Gasteiger charge is 2.26. The Morgan fingerprint density at radius 3 is 2.84 bits per heavy atom. The Hall–Kier alpha value is -3.20. The highest BCUT2D eigenvalue weighted by Crippen LogP contribution is 2.23. The molecule has 1 unspecified atom stereocenters. The van der Waals surface area contributed by atoms with Crippen LogP contribution in [0.4, 0.5) is 10.1 Å². The van der Waals surface area contributed by atoms with Crippen LogP contribution < -0.4 is 15.8 Å². The molecule has 1 saturated heterocycles. The van der Waals surface area contributed by atoms with E-state index in [2.05, 4.69) is 32.0 Å². The predicted octanol–water partition coefficient (Wildman–Crippen LogP) is 1.79. The van der Waals surface area contributed by atoms with Gasteiger partial charge in [0.25, 0.3) is 11.5 Å². The van der Waals surface area contributed by atoms with E-state index in [0.717, 1.165) is 29.9 Å². The summed E-state index contributed by atoms with van der Waals surface area (Å²) in [6, 6.07) is 3.63. The van der Waals surface area contributed by atoms with Crippen LogP contribution in [0.5, 0.6) is 0 Å². The number of fused-ring (bicyclic) bond motifs is 1. The first-order valence-corrected chi connectivity index (χ1v) is 10.5. The number of pyridine rings is 1. The molecular formula is C22H27FN6O2. The number of aromatic amines is 1. The number of amides is 1. The SMILES string of the molecule is CCc1cn2ccc(CN3CCN(c4cnc(C(=O)NC)c(F)c4)CC3C)c2[nH]c1=O. The average Bonchev–Trinajstić information content (AvgIpc) is 3.15. The second-order valence-electron chi connectivity index (χ2n) is 7.93. The standard InChI is InChI=1S/C22H27FN6O2/c1-4-15-12-29-6-5-16(20(29)26-21(15)30)13-27-7-8-28(11-14(27)2)17-9-18(23)19(25-10-17)22(31)24-3/h5-6,9-10,12,14H,4,7-8,11,13H2,1-3H3,(H,24,31)(H,26,30). The van der Waals surface area contributed by atoms with Crippen LogP contribution in [0.15, 0.2) is 35.5 Å². The van der Waals surface area contributed by atoms with Gasteiger partial charge in [-0.3, -0.25) is 14.5 Å². The van der Waals surface area contributed by atoms with Gasteiger partial charge in [0.2, 0.25) is 0 Å². The molecule has 0 radical (unpaired) electrons. The summed E-state index contributed by atoms with van der Waals surface area (Å²) in [6.45, 7) is 7.03. The molecule has 9 heteroatoms. The molecule has 164 valence electrons. The van der Waals surface area contributed by atoms with E-state index in [1.807, 2.05) is 29.8 Å². The summed E-state index contributed by atoms with van der Waals surface area (Å²) in [6.07, 6.45) is 6.11. The number of carbonyl (C=O) groups excluding carboxylic acids is 1. The fourth-order valence-corrected chi connectivity index (χ4v) is 4.11. The first-order chi connectivity index (χ1) is 14.9. The van der Waals surface area contributed by atoms with Crippen molar-refractivity contribution in [2.75, 3.05) is 31.6 Å². The number of rotatable bonds is 5. The molecule has 31 heavy (non-hydrogen) atoms. The Labute approximate surface area is 179 Å². The van der Waals surface area contributed by atoms with Gasteiger partial charge < -0.3 is 19.6 Å². The molecule has 4 heterocycles. The molecule has 0 saturated carbocycles. The zero-order chi connectivity index (χ0) is 22.1. The third kappa shape index (κ3) is 4.05. The molecule has 1 atom stereocenters. The number of nitrogens with zero attached hydrogens (tertiary/aromatic N) is 4. The van der Waals surface area contributed by atoms with Gasteiger partial charge in [-0.25, -0.2) is 9.37 Å². The van der Waals surface area contributed by atoms with Gasteiger partial charge in [0.1, 0.15) is 5.65 Å². The fourth-order valence-electron chi connectivity index (χ4n) is 4.11. The lowest BCUT2D eigenvalue weighted by atomic mass is 10.1. The van der Waals surface area contributed by atoms with Crippen LogP contribution in [0.1, 0.15) is 35.5 Å². The Morgan fingerprint density at radius 1 is 1.35 bits per heavy atom. The quantitative estimate of drug-likeness (QED) is 0.650. The van der Waals surface area contributed by atoms with Gasteiger partial charge in [-0.2, -0.15) is 0 Å². The Kier molecular flexibility index (Phi) is 5.77. The number of piperazine rings is 1. The lowest BCUT2D eigenvalue weighted by Gasteiger charge is -2.40. The van der Waals surface area contributed by atoms with E-state index in [4.69, 9.17) is 0 Å². The van der Waals surface area contributed by atoms with Crippen molar-refractivity contribution >= 4 is 17.2 Å². The first kappa shape index (κ1) is 21.0. The number of hydrogen-bond acceptors (Lipinski definition) is 5. The van der Waals surface area contributed by atoms with E-state index in [0.29, 0.717) is 25.2 Å². The van der Waals surface area contributed by atoms with Crippen molar-refractivity contribution < 1.29 is 9.18 Å². The van der Waals surface area contributed by atoms with E-state index in [1.165, 1.54) is 13.1 Å². The van der Waals surface area contributed by atoms with Crippen LogP contribution in [-0.2, 0) is 13.0 Å². The Balaban J connectivity index is 1.47.